The molecule has 0 aromatic heterocycles. The molecule has 0 amide bonds. The van der Waals surface area contributed by atoms with E-state index in [-0.39, 0.29) is 17.3 Å². The van der Waals surface area contributed by atoms with Gasteiger partial charge in [-0.15, -0.1) is 0 Å². The Hall–Kier alpha value is -3.25. The molecule has 8 nitrogen and oxygen atoms in total. The number of nitro groups is 1. The second kappa shape index (κ2) is 11.2. The van der Waals surface area contributed by atoms with E-state index in [9.17, 15) is 14.9 Å². The van der Waals surface area contributed by atoms with Crippen LogP contribution in [0.4, 0.5) is 5.69 Å². The van der Waals surface area contributed by atoms with Crippen LogP contribution in [0.5, 0.6) is 11.5 Å². The van der Waals surface area contributed by atoms with Gasteiger partial charge in [-0.1, -0.05) is 12.1 Å². The predicted octanol–water partition coefficient (Wildman–Crippen LogP) is 6.59. The van der Waals surface area contributed by atoms with Crippen LogP contribution in [0.15, 0.2) is 69.8 Å². The number of carbonyl (C=O) groups excluding carboxylic acids is 1. The molecule has 0 radical (unpaired) electrons. The van der Waals surface area contributed by atoms with E-state index in [1.165, 1.54) is 12.1 Å². The highest BCUT2D eigenvalue weighted by Gasteiger charge is 2.26. The minimum atomic E-state index is -0.617. The Bertz CT molecular complexity index is 1400. The Morgan fingerprint density at radius 2 is 1.89 bits per heavy atom. The molecular formula is C26H20BrIN2O6. The summed E-state index contributed by atoms with van der Waals surface area (Å²) in [4.78, 5) is 27.4. The zero-order valence-corrected chi connectivity index (χ0v) is 23.0. The molecule has 3 aromatic rings. The average Bonchev–Trinajstić information content (AvgIpc) is 3.19. The van der Waals surface area contributed by atoms with Crippen LogP contribution in [0.2, 0.25) is 0 Å². The Labute approximate surface area is 229 Å². The van der Waals surface area contributed by atoms with Gasteiger partial charge in [-0.3, -0.25) is 10.1 Å². The van der Waals surface area contributed by atoms with Gasteiger partial charge in [-0.05, 0) is 106 Å². The zero-order valence-electron chi connectivity index (χ0n) is 19.3. The summed E-state index contributed by atoms with van der Waals surface area (Å²) in [5, 5.41) is 11.1. The van der Waals surface area contributed by atoms with Crippen molar-refractivity contribution in [2.75, 3.05) is 6.61 Å². The highest BCUT2D eigenvalue weighted by atomic mass is 127. The second-order valence-corrected chi connectivity index (χ2v) is 9.87. The third-order valence-electron chi connectivity index (χ3n) is 5.19. The first kappa shape index (κ1) is 25.8. The van der Waals surface area contributed by atoms with Gasteiger partial charge in [-0.2, -0.15) is 0 Å². The van der Waals surface area contributed by atoms with E-state index in [1.807, 2.05) is 31.2 Å². The Kier molecular flexibility index (Phi) is 8.04. The number of nitro benzene ring substituents is 1. The van der Waals surface area contributed by atoms with Gasteiger partial charge in [0.25, 0.3) is 5.69 Å². The lowest BCUT2D eigenvalue weighted by Crippen LogP contribution is -2.06. The lowest BCUT2D eigenvalue weighted by Gasteiger charge is -2.15. The van der Waals surface area contributed by atoms with E-state index in [2.05, 4.69) is 43.5 Å². The number of cyclic esters (lactones) is 1. The Balaban J connectivity index is 1.60. The summed E-state index contributed by atoms with van der Waals surface area (Å²) < 4.78 is 19.0. The molecule has 36 heavy (non-hydrogen) atoms. The summed E-state index contributed by atoms with van der Waals surface area (Å²) in [7, 11) is 0. The van der Waals surface area contributed by atoms with E-state index in [0.717, 1.165) is 9.13 Å². The summed E-state index contributed by atoms with van der Waals surface area (Å²) >= 11 is 5.80. The molecule has 1 heterocycles. The number of nitrogens with zero attached hydrogens (tertiary/aromatic N) is 2. The maximum absolute atomic E-state index is 12.5. The molecule has 0 N–H and O–H groups in total. The minimum absolute atomic E-state index is 0.0166. The van der Waals surface area contributed by atoms with E-state index in [1.54, 1.807) is 31.2 Å². The molecule has 10 heteroatoms. The Morgan fingerprint density at radius 3 is 2.56 bits per heavy atom. The lowest BCUT2D eigenvalue weighted by atomic mass is 10.1. The molecule has 184 valence electrons. The van der Waals surface area contributed by atoms with Crippen LogP contribution in [0.1, 0.15) is 29.2 Å². The normalized spacial score (nSPS) is 13.9. The van der Waals surface area contributed by atoms with Gasteiger partial charge in [-0.25, -0.2) is 9.79 Å². The van der Waals surface area contributed by atoms with Crippen molar-refractivity contribution in [3.63, 3.8) is 0 Å². The van der Waals surface area contributed by atoms with Gasteiger partial charge < -0.3 is 14.2 Å². The van der Waals surface area contributed by atoms with Crippen LogP contribution >= 0.6 is 38.5 Å². The van der Waals surface area contributed by atoms with Crippen LogP contribution in [-0.2, 0) is 16.1 Å². The minimum Gasteiger partial charge on any atom is -0.490 e. The van der Waals surface area contributed by atoms with Gasteiger partial charge in [0.15, 0.2) is 17.2 Å². The summed E-state index contributed by atoms with van der Waals surface area (Å²) in [6, 6.07) is 16.0. The maximum Gasteiger partial charge on any atom is 0.363 e. The molecule has 0 bridgehead atoms. The molecule has 0 fully saturated rings. The van der Waals surface area contributed by atoms with Crippen LogP contribution in [0.3, 0.4) is 0 Å². The van der Waals surface area contributed by atoms with Crippen LogP contribution in [0.25, 0.3) is 6.08 Å². The molecule has 0 spiro atoms. The van der Waals surface area contributed by atoms with Gasteiger partial charge in [0.1, 0.15) is 6.61 Å². The van der Waals surface area contributed by atoms with Crippen molar-refractivity contribution in [3.05, 3.63) is 101 Å². The molecule has 0 saturated carbocycles. The molecule has 1 aliphatic heterocycles. The van der Waals surface area contributed by atoms with Crippen LogP contribution < -0.4 is 9.47 Å². The fraction of sp³-hybridized carbons (Fsp3) is 0.154. The first-order chi connectivity index (χ1) is 17.2. The van der Waals surface area contributed by atoms with Crippen molar-refractivity contribution in [1.29, 1.82) is 0 Å². The quantitative estimate of drug-likeness (QED) is 0.0887. The first-order valence-corrected chi connectivity index (χ1v) is 12.7. The summed E-state index contributed by atoms with van der Waals surface area (Å²) in [6.45, 7) is 4.28. The summed E-state index contributed by atoms with van der Waals surface area (Å²) in [5.74, 6) is 0.544. The van der Waals surface area contributed by atoms with E-state index in [4.69, 9.17) is 14.2 Å². The molecular weight excluding hydrogens is 643 g/mol. The first-order valence-electron chi connectivity index (χ1n) is 10.9. The van der Waals surface area contributed by atoms with Crippen molar-refractivity contribution in [2.24, 2.45) is 4.99 Å². The van der Waals surface area contributed by atoms with Crippen LogP contribution in [-0.4, -0.2) is 23.4 Å². The number of esters is 1. The SMILES string of the molecule is CCOc1cc(/C=C2\N=C(c3ccc([N+](=O)[O-])c(C)c3)OC2=O)cc(Br)c1OCc1ccc(I)cc1. The highest BCUT2D eigenvalue weighted by molar-refractivity contribution is 14.1. The number of ether oxygens (including phenoxy) is 3. The average molecular weight is 663 g/mol. The highest BCUT2D eigenvalue weighted by Crippen LogP contribution is 2.38. The van der Waals surface area contributed by atoms with Crippen molar-refractivity contribution >= 4 is 62.2 Å². The largest absolute Gasteiger partial charge is 0.490 e. The van der Waals surface area contributed by atoms with E-state index in [0.29, 0.717) is 45.9 Å². The van der Waals surface area contributed by atoms with E-state index >= 15 is 0 Å². The topological polar surface area (TPSA) is 100 Å². The lowest BCUT2D eigenvalue weighted by molar-refractivity contribution is -0.385. The van der Waals surface area contributed by atoms with Gasteiger partial charge in [0.05, 0.1) is 16.0 Å². The molecule has 0 saturated heterocycles. The summed E-state index contributed by atoms with van der Waals surface area (Å²) in [5.41, 5.74) is 2.68. The molecule has 0 aliphatic carbocycles. The third kappa shape index (κ3) is 5.93. The standard InChI is InChI=1S/C26H20BrIN2O6/c1-3-34-23-13-17(11-20(27)24(23)35-14-16-4-7-19(28)8-5-16)12-21-26(31)36-25(29-21)18-6-9-22(30(32)33)15(2)10-18/h4-13H,3,14H2,1-2H3/b21-12-. The van der Waals surface area contributed by atoms with Gasteiger partial charge in [0, 0.05) is 20.8 Å². The van der Waals surface area contributed by atoms with Crippen molar-refractivity contribution in [3.8, 4) is 11.5 Å². The van der Waals surface area contributed by atoms with E-state index < -0.39 is 10.9 Å². The predicted molar refractivity (Wildman–Crippen MR) is 147 cm³/mol. The fourth-order valence-corrected chi connectivity index (χ4v) is 4.43. The van der Waals surface area contributed by atoms with Crippen molar-refractivity contribution in [1.82, 2.24) is 0 Å². The summed E-state index contributed by atoms with van der Waals surface area (Å²) in [6.07, 6.45) is 1.59. The van der Waals surface area contributed by atoms with Gasteiger partial charge in [0.2, 0.25) is 5.90 Å². The van der Waals surface area contributed by atoms with Crippen molar-refractivity contribution < 1.29 is 23.9 Å². The second-order valence-electron chi connectivity index (χ2n) is 7.77. The monoisotopic (exact) mass is 662 g/mol. The smallest absolute Gasteiger partial charge is 0.363 e. The fourth-order valence-electron chi connectivity index (χ4n) is 3.49. The van der Waals surface area contributed by atoms with Crippen LogP contribution in [0, 0.1) is 20.6 Å². The number of aryl methyl sites for hydroxylation is 1. The third-order valence-corrected chi connectivity index (χ3v) is 6.50. The maximum atomic E-state index is 12.5. The number of carbonyl (C=O) groups is 1. The zero-order chi connectivity index (χ0) is 25.8. The molecule has 4 rings (SSSR count). The van der Waals surface area contributed by atoms with Gasteiger partial charge >= 0.3 is 5.97 Å². The Morgan fingerprint density at radius 1 is 1.14 bits per heavy atom. The molecule has 3 aromatic carbocycles. The molecule has 0 unspecified atom stereocenters. The molecule has 0 atom stereocenters. The number of aliphatic imine (C=N–C) groups is 1. The van der Waals surface area contributed by atoms with Crippen molar-refractivity contribution in [2.45, 2.75) is 20.5 Å². The number of benzene rings is 3. The number of hydrogen-bond acceptors (Lipinski definition) is 7. The number of hydrogen-bond donors (Lipinski definition) is 0. The number of halogens is 2. The molecule has 1 aliphatic rings. The number of rotatable bonds is 8.